The number of hydrogen-bond acceptors (Lipinski definition) is 2. The molecule has 0 aromatic carbocycles. The van der Waals surface area contributed by atoms with Crippen molar-refractivity contribution >= 4 is 0 Å². The van der Waals surface area contributed by atoms with Gasteiger partial charge in [0.2, 0.25) is 0 Å². The lowest BCUT2D eigenvalue weighted by atomic mass is 9.65. The third-order valence-electron chi connectivity index (χ3n) is 5.59. The van der Waals surface area contributed by atoms with Crippen LogP contribution in [0.2, 0.25) is 0 Å². The number of aliphatic hydroxyl groups excluding tert-OH is 1. The first-order valence-electron chi connectivity index (χ1n) is 8.21. The van der Waals surface area contributed by atoms with E-state index in [1.54, 1.807) is 0 Å². The third-order valence-corrected chi connectivity index (χ3v) is 5.59. The fourth-order valence-electron chi connectivity index (χ4n) is 4.16. The van der Waals surface area contributed by atoms with Crippen LogP contribution in [-0.2, 0) is 0 Å². The van der Waals surface area contributed by atoms with Crippen LogP contribution in [0.5, 0.6) is 0 Å². The van der Waals surface area contributed by atoms with Crippen molar-refractivity contribution in [3.8, 4) is 0 Å². The largest absolute Gasteiger partial charge is 0.393 e. The summed E-state index contributed by atoms with van der Waals surface area (Å²) in [6.07, 6.45) is 9.23. The highest BCUT2D eigenvalue weighted by atomic mass is 16.3. The summed E-state index contributed by atoms with van der Waals surface area (Å²) >= 11 is 0. The Bertz CT molecular complexity index is 286. The Morgan fingerprint density at radius 2 is 1.68 bits per heavy atom. The quantitative estimate of drug-likeness (QED) is 0.797. The molecule has 2 N–H and O–H groups in total. The molecule has 3 atom stereocenters. The number of rotatable bonds is 2. The van der Waals surface area contributed by atoms with E-state index in [9.17, 15) is 10.2 Å². The zero-order valence-electron chi connectivity index (χ0n) is 13.0. The van der Waals surface area contributed by atoms with Gasteiger partial charge in [-0.3, -0.25) is 0 Å². The van der Waals surface area contributed by atoms with Crippen LogP contribution in [0.25, 0.3) is 0 Å². The van der Waals surface area contributed by atoms with Crippen LogP contribution in [0.1, 0.15) is 78.6 Å². The van der Waals surface area contributed by atoms with Crippen molar-refractivity contribution in [3.63, 3.8) is 0 Å². The highest BCUT2D eigenvalue weighted by Crippen LogP contribution is 2.44. The summed E-state index contributed by atoms with van der Waals surface area (Å²) < 4.78 is 0. The summed E-state index contributed by atoms with van der Waals surface area (Å²) in [5.41, 5.74) is -0.156. The van der Waals surface area contributed by atoms with Crippen molar-refractivity contribution in [1.82, 2.24) is 0 Å². The minimum atomic E-state index is -0.482. The molecule has 0 aromatic heterocycles. The Balaban J connectivity index is 1.97. The van der Waals surface area contributed by atoms with Crippen molar-refractivity contribution < 1.29 is 10.2 Å². The van der Waals surface area contributed by atoms with Crippen LogP contribution in [0.4, 0.5) is 0 Å². The maximum atomic E-state index is 10.7. The number of aliphatic hydroxyl groups is 2. The van der Waals surface area contributed by atoms with E-state index >= 15 is 0 Å². The summed E-state index contributed by atoms with van der Waals surface area (Å²) in [4.78, 5) is 0. The fraction of sp³-hybridized carbons (Fsp3) is 1.00. The maximum Gasteiger partial charge on any atom is 0.0651 e. The molecule has 0 heterocycles. The average Bonchev–Trinajstić information content (AvgIpc) is 2.31. The Morgan fingerprint density at radius 1 is 1.05 bits per heavy atom. The molecule has 0 bridgehead atoms. The monoisotopic (exact) mass is 268 g/mol. The molecule has 0 aromatic rings. The summed E-state index contributed by atoms with van der Waals surface area (Å²) in [7, 11) is 0. The second kappa shape index (κ2) is 5.73. The van der Waals surface area contributed by atoms with Gasteiger partial charge >= 0.3 is 0 Å². The van der Waals surface area contributed by atoms with Crippen molar-refractivity contribution in [2.24, 2.45) is 17.3 Å². The summed E-state index contributed by atoms with van der Waals surface area (Å²) in [6.45, 7) is 6.92. The minimum Gasteiger partial charge on any atom is -0.393 e. The van der Waals surface area contributed by atoms with Gasteiger partial charge in [0, 0.05) is 0 Å². The Kier molecular flexibility index (Phi) is 4.62. The van der Waals surface area contributed by atoms with E-state index in [1.165, 1.54) is 6.42 Å². The van der Waals surface area contributed by atoms with Gasteiger partial charge in [-0.25, -0.2) is 0 Å². The molecule has 0 aliphatic heterocycles. The van der Waals surface area contributed by atoms with E-state index in [0.29, 0.717) is 17.3 Å². The molecule has 2 aliphatic rings. The first-order valence-corrected chi connectivity index (χ1v) is 8.21. The first-order chi connectivity index (χ1) is 8.80. The lowest BCUT2D eigenvalue weighted by molar-refractivity contribution is -0.0609. The molecule has 3 unspecified atom stereocenters. The van der Waals surface area contributed by atoms with E-state index in [4.69, 9.17) is 0 Å². The van der Waals surface area contributed by atoms with Gasteiger partial charge in [0.15, 0.2) is 0 Å². The lowest BCUT2D eigenvalue weighted by Gasteiger charge is -2.43. The van der Waals surface area contributed by atoms with E-state index in [2.05, 4.69) is 20.8 Å². The van der Waals surface area contributed by atoms with Gasteiger partial charge in [0.25, 0.3) is 0 Å². The SMILES string of the molecule is CC(C)(C)C1CCC(O)C(CC2(O)CCCCC2)C1. The van der Waals surface area contributed by atoms with Crippen LogP contribution in [0, 0.1) is 17.3 Å². The van der Waals surface area contributed by atoms with Gasteiger partial charge in [0.1, 0.15) is 0 Å². The second-order valence-corrected chi connectivity index (χ2v) is 8.19. The van der Waals surface area contributed by atoms with Gasteiger partial charge in [-0.15, -0.1) is 0 Å². The molecule has 2 fully saturated rings. The average molecular weight is 268 g/mol. The van der Waals surface area contributed by atoms with E-state index in [0.717, 1.165) is 51.4 Å². The van der Waals surface area contributed by atoms with Gasteiger partial charge in [-0.05, 0) is 55.8 Å². The molecule has 0 radical (unpaired) electrons. The van der Waals surface area contributed by atoms with Crippen molar-refractivity contribution in [3.05, 3.63) is 0 Å². The molecule has 2 heteroatoms. The predicted molar refractivity (Wildman–Crippen MR) is 78.9 cm³/mol. The molecule has 2 rings (SSSR count). The Morgan fingerprint density at radius 3 is 2.26 bits per heavy atom. The smallest absolute Gasteiger partial charge is 0.0651 e. The highest BCUT2D eigenvalue weighted by Gasteiger charge is 2.40. The van der Waals surface area contributed by atoms with Crippen molar-refractivity contribution in [2.45, 2.75) is 90.3 Å². The molecule has 2 aliphatic carbocycles. The zero-order valence-corrected chi connectivity index (χ0v) is 13.0. The molecule has 0 saturated heterocycles. The molecule has 0 spiro atoms. The van der Waals surface area contributed by atoms with E-state index in [1.807, 2.05) is 0 Å². The zero-order chi connectivity index (χ0) is 14.1. The van der Waals surface area contributed by atoms with Crippen LogP contribution in [0.3, 0.4) is 0 Å². The predicted octanol–water partition coefficient (Wildman–Crippen LogP) is 3.90. The van der Waals surface area contributed by atoms with Gasteiger partial charge in [-0.1, -0.05) is 40.0 Å². The molecule has 112 valence electrons. The molecule has 2 nitrogen and oxygen atoms in total. The second-order valence-electron chi connectivity index (χ2n) is 8.19. The number of hydrogen-bond donors (Lipinski definition) is 2. The fourth-order valence-corrected chi connectivity index (χ4v) is 4.16. The maximum absolute atomic E-state index is 10.7. The Labute approximate surface area is 118 Å². The first kappa shape index (κ1) is 15.3. The lowest BCUT2D eigenvalue weighted by Crippen LogP contribution is -2.41. The van der Waals surface area contributed by atoms with Gasteiger partial charge < -0.3 is 10.2 Å². The van der Waals surface area contributed by atoms with Crippen molar-refractivity contribution in [2.75, 3.05) is 0 Å². The van der Waals surface area contributed by atoms with Crippen LogP contribution in [0.15, 0.2) is 0 Å². The summed E-state index contributed by atoms with van der Waals surface area (Å²) in [5, 5.41) is 21.0. The van der Waals surface area contributed by atoms with Crippen LogP contribution < -0.4 is 0 Å². The molecule has 0 amide bonds. The van der Waals surface area contributed by atoms with Gasteiger partial charge in [0.05, 0.1) is 11.7 Å². The highest BCUT2D eigenvalue weighted by molar-refractivity contribution is 4.91. The molecule has 19 heavy (non-hydrogen) atoms. The standard InChI is InChI=1S/C17H32O2/c1-16(2,3)14-7-8-15(18)13(11-14)12-17(19)9-5-4-6-10-17/h13-15,18-19H,4-12H2,1-3H3. The summed E-state index contributed by atoms with van der Waals surface area (Å²) in [5.74, 6) is 0.995. The van der Waals surface area contributed by atoms with E-state index in [-0.39, 0.29) is 6.10 Å². The van der Waals surface area contributed by atoms with Gasteiger partial charge in [-0.2, -0.15) is 0 Å². The van der Waals surface area contributed by atoms with Crippen LogP contribution in [-0.4, -0.2) is 21.9 Å². The third kappa shape index (κ3) is 3.95. The summed E-state index contributed by atoms with van der Waals surface area (Å²) in [6, 6.07) is 0. The van der Waals surface area contributed by atoms with Crippen molar-refractivity contribution in [1.29, 1.82) is 0 Å². The van der Waals surface area contributed by atoms with Crippen LogP contribution >= 0.6 is 0 Å². The molecular weight excluding hydrogens is 236 g/mol. The topological polar surface area (TPSA) is 40.5 Å². The van der Waals surface area contributed by atoms with E-state index < -0.39 is 5.60 Å². The Hall–Kier alpha value is -0.0800. The normalized spacial score (nSPS) is 36.2. The molecule has 2 saturated carbocycles. The minimum absolute atomic E-state index is 0.190. The molecular formula is C17H32O2.